The number of carbonyl (C=O) groups excluding carboxylic acids is 1. The minimum absolute atomic E-state index is 0.375. The van der Waals surface area contributed by atoms with Gasteiger partial charge < -0.3 is 4.74 Å². The summed E-state index contributed by atoms with van der Waals surface area (Å²) < 4.78 is 4.79. The number of methoxy groups -OCH3 is 1. The zero-order chi connectivity index (χ0) is 9.40. The lowest BCUT2D eigenvalue weighted by atomic mass is 10.3. The molecule has 0 saturated heterocycles. The summed E-state index contributed by atoms with van der Waals surface area (Å²) in [7, 11) is 1.31. The number of nitrogens with zero attached hydrogens (tertiary/aromatic N) is 1. The van der Waals surface area contributed by atoms with Crippen molar-refractivity contribution < 1.29 is 9.53 Å². The molecule has 1 aromatic heterocycles. The summed E-state index contributed by atoms with van der Waals surface area (Å²) in [6, 6.07) is 3.93. The second kappa shape index (κ2) is 6.79. The van der Waals surface area contributed by atoms with Crippen LogP contribution in [0.2, 0.25) is 0 Å². The molecule has 0 N–H and O–H groups in total. The number of ether oxygens (including phenoxy) is 1. The molecule has 66 valence electrons. The van der Waals surface area contributed by atoms with E-state index in [1.165, 1.54) is 12.7 Å². The summed E-state index contributed by atoms with van der Waals surface area (Å²) in [6.07, 6.45) is 1.76. The molecular formula is C8H10BrNO2. The Kier molecular flexibility index (Phi) is 6.28. The molecule has 0 bridgehead atoms. The first kappa shape index (κ1) is 11.1. The predicted octanol–water partition coefficient (Wildman–Crippen LogP) is 1.94. The predicted molar refractivity (Wildman–Crippen MR) is 49.7 cm³/mol. The summed E-state index contributed by atoms with van der Waals surface area (Å²) in [6.45, 7) is 2.39. The molecule has 0 spiro atoms. The third-order valence-corrected chi connectivity index (χ3v) is 1.87. The molecule has 0 aliphatic carbocycles. The zero-order valence-electron chi connectivity index (χ0n) is 6.95. The largest absolute Gasteiger partial charge is 0.471 e. The minimum Gasteiger partial charge on any atom is -0.471 e. The molecule has 0 unspecified atom stereocenters. The molecule has 0 saturated carbocycles. The van der Waals surface area contributed by atoms with Gasteiger partial charge in [-0.15, -0.1) is 0 Å². The molecule has 0 aromatic carbocycles. The molecule has 0 fully saturated rings. The topological polar surface area (TPSA) is 39.2 Å². The third kappa shape index (κ3) is 4.85. The normalized spacial score (nSPS) is 7.92. The van der Waals surface area contributed by atoms with Gasteiger partial charge in [0, 0.05) is 6.20 Å². The summed E-state index contributed by atoms with van der Waals surface area (Å²) >= 11 is 3.28. The first-order chi connectivity index (χ1) is 5.72. The molecule has 1 rings (SSSR count). The highest BCUT2D eigenvalue weighted by Crippen LogP contribution is 2.09. The first-order valence-corrected chi connectivity index (χ1v) is 4.05. The SMILES string of the molecule is COC=O.Cc1cccnc1Br. The van der Waals surface area contributed by atoms with E-state index in [2.05, 4.69) is 25.7 Å². The van der Waals surface area contributed by atoms with Crippen LogP contribution in [0.4, 0.5) is 0 Å². The Hall–Kier alpha value is -0.900. The van der Waals surface area contributed by atoms with Crippen molar-refractivity contribution >= 4 is 22.4 Å². The van der Waals surface area contributed by atoms with Crippen LogP contribution in [0, 0.1) is 6.92 Å². The first-order valence-electron chi connectivity index (χ1n) is 3.26. The van der Waals surface area contributed by atoms with Crippen LogP contribution < -0.4 is 0 Å². The Morgan fingerprint density at radius 3 is 2.50 bits per heavy atom. The summed E-state index contributed by atoms with van der Waals surface area (Å²) in [5.74, 6) is 0. The molecule has 0 aliphatic heterocycles. The molecule has 4 heteroatoms. The Balaban J connectivity index is 0.000000261. The molecular weight excluding hydrogens is 222 g/mol. The van der Waals surface area contributed by atoms with Crippen LogP contribution in [0.3, 0.4) is 0 Å². The summed E-state index contributed by atoms with van der Waals surface area (Å²) in [5, 5.41) is 0. The molecule has 12 heavy (non-hydrogen) atoms. The molecule has 1 heterocycles. The molecule has 0 radical (unpaired) electrons. The number of pyridine rings is 1. The number of hydrogen-bond donors (Lipinski definition) is 0. The summed E-state index contributed by atoms with van der Waals surface area (Å²) in [4.78, 5) is 12.9. The van der Waals surface area contributed by atoms with Crippen LogP contribution in [-0.4, -0.2) is 18.6 Å². The van der Waals surface area contributed by atoms with E-state index in [4.69, 9.17) is 4.79 Å². The van der Waals surface area contributed by atoms with E-state index in [0.29, 0.717) is 6.47 Å². The molecule has 0 aliphatic rings. The lowest BCUT2D eigenvalue weighted by molar-refractivity contribution is -0.126. The van der Waals surface area contributed by atoms with Gasteiger partial charge in [-0.3, -0.25) is 4.79 Å². The minimum atomic E-state index is 0.375. The maximum atomic E-state index is 8.95. The van der Waals surface area contributed by atoms with Crippen molar-refractivity contribution in [2.45, 2.75) is 6.92 Å². The second-order valence-corrected chi connectivity index (χ2v) is 2.69. The van der Waals surface area contributed by atoms with E-state index in [1.54, 1.807) is 6.20 Å². The van der Waals surface area contributed by atoms with E-state index in [1.807, 2.05) is 19.1 Å². The molecule has 1 aromatic rings. The van der Waals surface area contributed by atoms with Crippen molar-refractivity contribution in [2.24, 2.45) is 0 Å². The highest BCUT2D eigenvalue weighted by Gasteiger charge is 1.87. The molecule has 0 atom stereocenters. The number of hydrogen-bond acceptors (Lipinski definition) is 3. The van der Waals surface area contributed by atoms with Crippen LogP contribution >= 0.6 is 15.9 Å². The van der Waals surface area contributed by atoms with Gasteiger partial charge in [0.15, 0.2) is 0 Å². The van der Waals surface area contributed by atoms with Gasteiger partial charge in [-0.1, -0.05) is 6.07 Å². The van der Waals surface area contributed by atoms with Crippen molar-refractivity contribution in [3.05, 3.63) is 28.5 Å². The average molecular weight is 232 g/mol. The van der Waals surface area contributed by atoms with Crippen LogP contribution in [0.25, 0.3) is 0 Å². The maximum absolute atomic E-state index is 8.95. The molecule has 0 amide bonds. The van der Waals surface area contributed by atoms with Gasteiger partial charge in [-0.25, -0.2) is 4.98 Å². The van der Waals surface area contributed by atoms with Crippen LogP contribution in [0.15, 0.2) is 22.9 Å². The fraction of sp³-hybridized carbons (Fsp3) is 0.250. The maximum Gasteiger partial charge on any atom is 0.292 e. The number of rotatable bonds is 1. The standard InChI is InChI=1S/C6H6BrN.C2H4O2/c1-5-3-2-4-8-6(5)7;1-4-2-3/h2-4H,1H3;2H,1H3. The van der Waals surface area contributed by atoms with E-state index >= 15 is 0 Å². The monoisotopic (exact) mass is 231 g/mol. The van der Waals surface area contributed by atoms with Gasteiger partial charge in [-0.05, 0) is 34.5 Å². The smallest absolute Gasteiger partial charge is 0.292 e. The Morgan fingerprint density at radius 1 is 1.67 bits per heavy atom. The van der Waals surface area contributed by atoms with Gasteiger partial charge in [0.25, 0.3) is 6.47 Å². The summed E-state index contributed by atoms with van der Waals surface area (Å²) in [5.41, 5.74) is 1.17. The highest BCUT2D eigenvalue weighted by atomic mass is 79.9. The van der Waals surface area contributed by atoms with Crippen LogP contribution in [-0.2, 0) is 9.53 Å². The fourth-order valence-corrected chi connectivity index (χ4v) is 0.717. The second-order valence-electron chi connectivity index (χ2n) is 1.94. The van der Waals surface area contributed by atoms with Crippen molar-refractivity contribution in [2.75, 3.05) is 7.11 Å². The number of aromatic nitrogens is 1. The van der Waals surface area contributed by atoms with Gasteiger partial charge in [0.1, 0.15) is 4.60 Å². The van der Waals surface area contributed by atoms with E-state index < -0.39 is 0 Å². The lowest BCUT2D eigenvalue weighted by Gasteiger charge is -1.90. The van der Waals surface area contributed by atoms with Gasteiger partial charge >= 0.3 is 0 Å². The van der Waals surface area contributed by atoms with Crippen molar-refractivity contribution in [1.29, 1.82) is 0 Å². The quantitative estimate of drug-likeness (QED) is 0.548. The zero-order valence-corrected chi connectivity index (χ0v) is 8.54. The van der Waals surface area contributed by atoms with Crippen molar-refractivity contribution in [1.82, 2.24) is 4.98 Å². The van der Waals surface area contributed by atoms with Crippen LogP contribution in [0.1, 0.15) is 5.56 Å². The van der Waals surface area contributed by atoms with Crippen LogP contribution in [0.5, 0.6) is 0 Å². The van der Waals surface area contributed by atoms with E-state index in [-0.39, 0.29) is 0 Å². The van der Waals surface area contributed by atoms with E-state index in [0.717, 1.165) is 4.60 Å². The number of carbonyl (C=O) groups is 1. The Labute approximate surface area is 79.9 Å². The fourth-order valence-electron chi connectivity index (χ4n) is 0.466. The van der Waals surface area contributed by atoms with Gasteiger partial charge in [-0.2, -0.15) is 0 Å². The number of aryl methyl sites for hydroxylation is 1. The molecule has 3 nitrogen and oxygen atoms in total. The van der Waals surface area contributed by atoms with Gasteiger partial charge in [0.2, 0.25) is 0 Å². The number of halogens is 1. The van der Waals surface area contributed by atoms with Crippen molar-refractivity contribution in [3.63, 3.8) is 0 Å². The highest BCUT2D eigenvalue weighted by molar-refractivity contribution is 9.10. The average Bonchev–Trinajstić information content (AvgIpc) is 2.11. The Morgan fingerprint density at radius 2 is 2.25 bits per heavy atom. The Bertz CT molecular complexity index is 219. The lowest BCUT2D eigenvalue weighted by Crippen LogP contribution is -1.76. The van der Waals surface area contributed by atoms with Crippen molar-refractivity contribution in [3.8, 4) is 0 Å². The van der Waals surface area contributed by atoms with Gasteiger partial charge in [0.05, 0.1) is 7.11 Å². The van der Waals surface area contributed by atoms with E-state index in [9.17, 15) is 0 Å². The third-order valence-electron chi connectivity index (χ3n) is 1.04.